The van der Waals surface area contributed by atoms with Gasteiger partial charge in [0, 0.05) is 11.5 Å². The lowest BCUT2D eigenvalue weighted by molar-refractivity contribution is 0.0795. The number of hydrogen-bond donors (Lipinski definition) is 1. The van der Waals surface area contributed by atoms with Gasteiger partial charge in [0.2, 0.25) is 0 Å². The van der Waals surface area contributed by atoms with Crippen LogP contribution in [0.25, 0.3) is 0 Å². The first-order valence-corrected chi connectivity index (χ1v) is 7.67. The molecule has 2 fully saturated rings. The molecule has 2 bridgehead atoms. The maximum absolute atomic E-state index is 8.30. The van der Waals surface area contributed by atoms with Gasteiger partial charge in [-0.2, -0.15) is 0 Å². The fraction of sp³-hybridized carbons (Fsp3) is 0.647. The molecule has 1 saturated heterocycles. The Labute approximate surface area is 117 Å². The summed E-state index contributed by atoms with van der Waals surface area (Å²) in [5.41, 5.74) is 3.35. The molecule has 0 aromatic heterocycles. The lowest BCUT2D eigenvalue weighted by Gasteiger charge is -2.56. The molecule has 3 aliphatic rings. The smallest absolute Gasteiger partial charge is 0.122 e. The summed E-state index contributed by atoms with van der Waals surface area (Å²) in [4.78, 5) is 0. The Bertz CT molecular complexity index is 532. The van der Waals surface area contributed by atoms with E-state index in [1.165, 1.54) is 31.2 Å². The van der Waals surface area contributed by atoms with Gasteiger partial charge in [0.1, 0.15) is 7.16 Å². The largest absolute Gasteiger partial charge is 0.497 e. The van der Waals surface area contributed by atoms with E-state index in [0.29, 0.717) is 17.4 Å². The van der Waals surface area contributed by atoms with E-state index in [2.05, 4.69) is 18.2 Å². The molecule has 2 heteroatoms. The van der Waals surface area contributed by atoms with Gasteiger partial charge in [-0.15, -0.1) is 0 Å². The fourth-order valence-corrected chi connectivity index (χ4v) is 4.92. The van der Waals surface area contributed by atoms with Crippen LogP contribution in [0.15, 0.2) is 18.2 Å². The van der Waals surface area contributed by atoms with Gasteiger partial charge in [-0.05, 0) is 61.4 Å². The van der Waals surface area contributed by atoms with E-state index in [4.69, 9.17) is 6.15 Å². The SMILES string of the molecule is [2H]N1CC[C@@]23CCCCC2[C@@H]1Cc1ccc(OC)cc13. The van der Waals surface area contributed by atoms with Crippen LogP contribution in [0.3, 0.4) is 0 Å². The van der Waals surface area contributed by atoms with Gasteiger partial charge in [-0.25, -0.2) is 0 Å². The first-order valence-electron chi connectivity index (χ1n) is 8.12. The highest BCUT2D eigenvalue weighted by molar-refractivity contribution is 5.45. The Morgan fingerprint density at radius 2 is 2.32 bits per heavy atom. The molecule has 1 aliphatic heterocycles. The minimum Gasteiger partial charge on any atom is -0.497 e. The summed E-state index contributed by atoms with van der Waals surface area (Å²) in [6, 6.07) is 7.06. The standard InChI is InChI=1S/C17H23NO/c1-19-13-6-5-12-10-16-14-4-2-3-7-17(14,8-9-18-16)15(12)11-13/h5-6,11,14,16,18H,2-4,7-10H2,1H3/t14?,16-,17-/m0/s1/i/hD. The predicted molar refractivity (Wildman–Crippen MR) is 76.7 cm³/mol. The maximum Gasteiger partial charge on any atom is 0.122 e. The Balaban J connectivity index is 1.88. The number of hydrogen-bond acceptors (Lipinski definition) is 2. The van der Waals surface area contributed by atoms with Crippen molar-refractivity contribution in [3.63, 3.8) is 0 Å². The van der Waals surface area contributed by atoms with Gasteiger partial charge in [-0.3, -0.25) is 0 Å². The summed E-state index contributed by atoms with van der Waals surface area (Å²) in [5, 5.41) is 1.88. The molecule has 2 nitrogen and oxygen atoms in total. The number of ether oxygens (including phenoxy) is 1. The van der Waals surface area contributed by atoms with E-state index >= 15 is 0 Å². The summed E-state index contributed by atoms with van der Waals surface area (Å²) >= 11 is 0. The molecule has 2 aliphatic carbocycles. The summed E-state index contributed by atoms with van der Waals surface area (Å²) < 4.78 is 13.8. The van der Waals surface area contributed by atoms with Gasteiger partial charge < -0.3 is 10.0 Å². The van der Waals surface area contributed by atoms with Crippen LogP contribution in [0.2, 0.25) is 1.41 Å². The van der Waals surface area contributed by atoms with Crippen LogP contribution in [-0.2, 0) is 11.8 Å². The summed E-state index contributed by atoms with van der Waals surface area (Å²) in [5.74, 6) is 1.68. The first-order chi connectivity index (χ1) is 9.74. The van der Waals surface area contributed by atoms with Crippen LogP contribution in [-0.4, -0.2) is 19.7 Å². The molecule has 19 heavy (non-hydrogen) atoms. The molecule has 1 heterocycles. The molecule has 1 N–H and O–H groups in total. The summed E-state index contributed by atoms with van der Waals surface area (Å²) in [7, 11) is 1.76. The van der Waals surface area contributed by atoms with Crippen molar-refractivity contribution in [3.8, 4) is 5.75 Å². The second kappa shape index (κ2) is 4.24. The second-order valence-corrected chi connectivity index (χ2v) is 6.46. The first kappa shape index (κ1) is 10.7. The third-order valence-corrected chi connectivity index (χ3v) is 5.77. The minimum absolute atomic E-state index is 0.336. The van der Waals surface area contributed by atoms with E-state index < -0.39 is 0 Å². The highest BCUT2D eigenvalue weighted by atomic mass is 16.5. The molecule has 0 spiro atoms. The second-order valence-electron chi connectivity index (χ2n) is 6.46. The van der Waals surface area contributed by atoms with Crippen molar-refractivity contribution in [2.45, 2.75) is 50.0 Å². The number of fused-ring (bicyclic) bond motifs is 1. The molecule has 1 aromatic carbocycles. The van der Waals surface area contributed by atoms with Gasteiger partial charge in [0.25, 0.3) is 0 Å². The van der Waals surface area contributed by atoms with E-state index in [9.17, 15) is 0 Å². The molecule has 1 unspecified atom stereocenters. The average Bonchev–Trinajstić information content (AvgIpc) is 2.50. The lowest BCUT2D eigenvalue weighted by Crippen LogP contribution is -2.59. The molecule has 0 radical (unpaired) electrons. The van der Waals surface area contributed by atoms with Gasteiger partial charge in [0.15, 0.2) is 0 Å². The maximum atomic E-state index is 8.30. The third-order valence-electron chi connectivity index (χ3n) is 5.77. The molecule has 102 valence electrons. The van der Waals surface area contributed by atoms with Crippen LogP contribution in [0, 0.1) is 5.92 Å². The molecule has 0 amide bonds. The lowest BCUT2D eigenvalue weighted by atomic mass is 9.53. The van der Waals surface area contributed by atoms with Crippen LogP contribution in [0.1, 0.15) is 43.2 Å². The molecular weight excluding hydrogens is 234 g/mol. The van der Waals surface area contributed by atoms with E-state index in [1.54, 1.807) is 12.7 Å². The van der Waals surface area contributed by atoms with Crippen molar-refractivity contribution < 1.29 is 6.15 Å². The van der Waals surface area contributed by atoms with Crippen LogP contribution < -0.4 is 10.0 Å². The topological polar surface area (TPSA) is 21.3 Å². The monoisotopic (exact) mass is 258 g/mol. The molecule has 4 rings (SSSR count). The quantitative estimate of drug-likeness (QED) is 0.836. The zero-order valence-electron chi connectivity index (χ0n) is 12.7. The van der Waals surface area contributed by atoms with Gasteiger partial charge in [0.05, 0.1) is 7.11 Å². The number of benzene rings is 1. The zero-order valence-corrected chi connectivity index (χ0v) is 11.7. The Kier molecular flexibility index (Phi) is 2.39. The van der Waals surface area contributed by atoms with E-state index in [-0.39, 0.29) is 0 Å². The Hall–Kier alpha value is -1.02. The minimum atomic E-state index is 0.336. The number of piperidine rings is 1. The average molecular weight is 258 g/mol. The van der Waals surface area contributed by atoms with Crippen LogP contribution >= 0.6 is 0 Å². The van der Waals surface area contributed by atoms with E-state index in [1.807, 2.05) is 5.31 Å². The predicted octanol–water partition coefficient (Wildman–Crippen LogP) is 3.04. The van der Waals surface area contributed by atoms with Crippen LogP contribution in [0.5, 0.6) is 5.75 Å². The normalized spacial score (nSPS) is 38.1. The highest BCUT2D eigenvalue weighted by Gasteiger charge is 2.51. The van der Waals surface area contributed by atoms with Crippen molar-refractivity contribution in [1.29, 1.82) is 0 Å². The number of methoxy groups -OCH3 is 1. The van der Waals surface area contributed by atoms with E-state index in [0.717, 1.165) is 25.1 Å². The molecular formula is C17H23NO. The van der Waals surface area contributed by atoms with Crippen molar-refractivity contribution >= 4 is 0 Å². The van der Waals surface area contributed by atoms with Gasteiger partial charge >= 0.3 is 0 Å². The van der Waals surface area contributed by atoms with Crippen molar-refractivity contribution in [2.75, 3.05) is 13.7 Å². The van der Waals surface area contributed by atoms with Gasteiger partial charge in [-0.1, -0.05) is 18.9 Å². The van der Waals surface area contributed by atoms with Crippen molar-refractivity contribution in [3.05, 3.63) is 29.3 Å². The highest BCUT2D eigenvalue weighted by Crippen LogP contribution is 2.54. The molecule has 3 atom stereocenters. The molecule has 1 aromatic rings. The fourth-order valence-electron chi connectivity index (χ4n) is 4.92. The van der Waals surface area contributed by atoms with Crippen molar-refractivity contribution in [2.24, 2.45) is 5.92 Å². The van der Waals surface area contributed by atoms with Crippen LogP contribution in [0.4, 0.5) is 0 Å². The Morgan fingerprint density at radius 3 is 3.21 bits per heavy atom. The third kappa shape index (κ3) is 1.59. The Morgan fingerprint density at radius 1 is 1.37 bits per heavy atom. The van der Waals surface area contributed by atoms with Crippen molar-refractivity contribution in [1.82, 2.24) is 5.31 Å². The number of rotatable bonds is 1. The number of nitrogens with one attached hydrogen (secondary N) is 1. The summed E-state index contributed by atoms with van der Waals surface area (Å²) in [6.07, 6.45) is 7.50. The summed E-state index contributed by atoms with van der Waals surface area (Å²) in [6.45, 7) is 0.928. The zero-order chi connectivity index (χ0) is 13.7. The molecule has 1 saturated carbocycles.